The van der Waals surface area contributed by atoms with Gasteiger partial charge in [0.15, 0.2) is 11.5 Å². The number of hydrogen-bond donors (Lipinski definition) is 1. The molecule has 0 radical (unpaired) electrons. The number of tetrazole rings is 1. The molecule has 1 N–H and O–H groups in total. The van der Waals surface area contributed by atoms with Gasteiger partial charge in [-0.15, -0.1) is 0 Å². The van der Waals surface area contributed by atoms with Gasteiger partial charge in [-0.3, -0.25) is 4.79 Å². The Labute approximate surface area is 154 Å². The highest BCUT2D eigenvalue weighted by Crippen LogP contribution is 2.34. The molecule has 0 bridgehead atoms. The zero-order valence-corrected chi connectivity index (χ0v) is 14.5. The molecule has 0 unspecified atom stereocenters. The van der Waals surface area contributed by atoms with E-state index in [0.29, 0.717) is 17.2 Å². The molecular formula is C18H17N5O4. The lowest BCUT2D eigenvalue weighted by Crippen LogP contribution is -2.34. The van der Waals surface area contributed by atoms with Crippen molar-refractivity contribution in [2.75, 3.05) is 6.79 Å². The Bertz CT molecular complexity index is 1030. The molecule has 1 aromatic heterocycles. The molecule has 0 fully saturated rings. The van der Waals surface area contributed by atoms with E-state index in [1.54, 1.807) is 30.3 Å². The molecule has 27 heavy (non-hydrogen) atoms. The van der Waals surface area contributed by atoms with Crippen LogP contribution in [0.1, 0.15) is 18.5 Å². The van der Waals surface area contributed by atoms with E-state index in [4.69, 9.17) is 9.47 Å². The van der Waals surface area contributed by atoms with Gasteiger partial charge in [-0.2, -0.15) is 9.36 Å². The van der Waals surface area contributed by atoms with E-state index in [1.807, 2.05) is 25.1 Å². The fourth-order valence-electron chi connectivity index (χ4n) is 2.79. The van der Waals surface area contributed by atoms with Crippen molar-refractivity contribution in [2.45, 2.75) is 19.5 Å². The molecule has 0 saturated carbocycles. The van der Waals surface area contributed by atoms with Crippen molar-refractivity contribution >= 4 is 5.91 Å². The third-order valence-corrected chi connectivity index (χ3v) is 4.21. The number of amides is 1. The largest absolute Gasteiger partial charge is 0.454 e. The van der Waals surface area contributed by atoms with E-state index in [2.05, 4.69) is 15.7 Å². The highest BCUT2D eigenvalue weighted by molar-refractivity contribution is 5.76. The van der Waals surface area contributed by atoms with Gasteiger partial charge in [0.2, 0.25) is 12.7 Å². The maximum absolute atomic E-state index is 12.4. The number of rotatable bonds is 5. The summed E-state index contributed by atoms with van der Waals surface area (Å²) < 4.78 is 12.8. The van der Waals surface area contributed by atoms with Crippen LogP contribution in [0.2, 0.25) is 0 Å². The minimum atomic E-state index is -0.480. The Morgan fingerprint density at radius 3 is 2.74 bits per heavy atom. The predicted octanol–water partition coefficient (Wildman–Crippen LogP) is 1.04. The average molecular weight is 367 g/mol. The minimum absolute atomic E-state index is 0.194. The Morgan fingerprint density at radius 2 is 1.93 bits per heavy atom. The van der Waals surface area contributed by atoms with Crippen LogP contribution in [0.4, 0.5) is 0 Å². The van der Waals surface area contributed by atoms with Gasteiger partial charge in [0.05, 0.1) is 11.7 Å². The number of ether oxygens (including phenoxy) is 2. The fourth-order valence-corrected chi connectivity index (χ4v) is 2.79. The second kappa shape index (κ2) is 6.94. The Hall–Kier alpha value is -3.62. The van der Waals surface area contributed by atoms with Gasteiger partial charge in [-0.1, -0.05) is 24.3 Å². The SMILES string of the molecule is C[C@H](NC(=O)Cn1nnn(-c2ccccc2)c1=O)c1ccc2c(c1)OCO2. The number of aromatic nitrogens is 4. The molecule has 0 spiro atoms. The molecule has 4 rings (SSSR count). The highest BCUT2D eigenvalue weighted by Gasteiger charge is 2.18. The Morgan fingerprint density at radius 1 is 1.15 bits per heavy atom. The first kappa shape index (κ1) is 16.8. The molecule has 3 aromatic rings. The zero-order valence-electron chi connectivity index (χ0n) is 14.5. The maximum atomic E-state index is 12.4. The number of benzene rings is 2. The Kier molecular flexibility index (Phi) is 4.33. The van der Waals surface area contributed by atoms with E-state index in [1.165, 1.54) is 0 Å². The van der Waals surface area contributed by atoms with Crippen LogP contribution in [0.5, 0.6) is 11.5 Å². The predicted molar refractivity (Wildman–Crippen MR) is 94.7 cm³/mol. The van der Waals surface area contributed by atoms with Gasteiger partial charge in [0.1, 0.15) is 6.54 Å². The normalized spacial score (nSPS) is 13.4. The summed E-state index contributed by atoms with van der Waals surface area (Å²) in [4.78, 5) is 24.7. The van der Waals surface area contributed by atoms with Crippen molar-refractivity contribution in [1.29, 1.82) is 0 Å². The second-order valence-electron chi connectivity index (χ2n) is 6.07. The lowest BCUT2D eigenvalue weighted by atomic mass is 10.1. The van der Waals surface area contributed by atoms with Crippen LogP contribution in [0.25, 0.3) is 5.69 Å². The van der Waals surface area contributed by atoms with Gasteiger partial charge in [0.25, 0.3) is 0 Å². The zero-order chi connectivity index (χ0) is 18.8. The summed E-state index contributed by atoms with van der Waals surface area (Å²) in [5.74, 6) is 0.986. The number of carbonyl (C=O) groups excluding carboxylic acids is 1. The average Bonchev–Trinajstić information content (AvgIpc) is 3.29. The van der Waals surface area contributed by atoms with Crippen LogP contribution in [0, 0.1) is 0 Å². The summed E-state index contributed by atoms with van der Waals surface area (Å²) >= 11 is 0. The minimum Gasteiger partial charge on any atom is -0.454 e. The van der Waals surface area contributed by atoms with Crippen LogP contribution in [0.15, 0.2) is 53.3 Å². The number of fused-ring (bicyclic) bond motifs is 1. The molecule has 2 heterocycles. The molecule has 9 heteroatoms. The van der Waals surface area contributed by atoms with Crippen molar-refractivity contribution in [2.24, 2.45) is 0 Å². The molecule has 2 aromatic carbocycles. The van der Waals surface area contributed by atoms with Crippen molar-refractivity contribution in [3.63, 3.8) is 0 Å². The summed E-state index contributed by atoms with van der Waals surface area (Å²) in [6, 6.07) is 14.1. The monoisotopic (exact) mass is 367 g/mol. The van der Waals surface area contributed by atoms with Gasteiger partial charge in [-0.25, -0.2) is 4.79 Å². The third kappa shape index (κ3) is 3.39. The van der Waals surface area contributed by atoms with Gasteiger partial charge >= 0.3 is 5.69 Å². The molecule has 138 valence electrons. The van der Waals surface area contributed by atoms with Gasteiger partial charge in [0, 0.05) is 0 Å². The molecular weight excluding hydrogens is 350 g/mol. The van der Waals surface area contributed by atoms with Crippen molar-refractivity contribution in [3.8, 4) is 17.2 Å². The van der Waals surface area contributed by atoms with Crippen LogP contribution in [-0.4, -0.2) is 32.5 Å². The highest BCUT2D eigenvalue weighted by atomic mass is 16.7. The molecule has 1 amide bonds. The summed E-state index contributed by atoms with van der Waals surface area (Å²) in [7, 11) is 0. The fraction of sp³-hybridized carbons (Fsp3) is 0.222. The van der Waals surface area contributed by atoms with Gasteiger partial charge in [-0.05, 0) is 47.2 Å². The number of nitrogens with one attached hydrogen (secondary N) is 1. The number of carbonyl (C=O) groups is 1. The maximum Gasteiger partial charge on any atom is 0.368 e. The summed E-state index contributed by atoms with van der Waals surface area (Å²) in [6.45, 7) is 1.82. The van der Waals surface area contributed by atoms with Crippen molar-refractivity contribution in [1.82, 2.24) is 25.1 Å². The van der Waals surface area contributed by atoms with Crippen molar-refractivity contribution in [3.05, 3.63) is 64.6 Å². The molecule has 9 nitrogen and oxygen atoms in total. The molecule has 1 aliphatic rings. The first-order valence-corrected chi connectivity index (χ1v) is 8.39. The van der Waals surface area contributed by atoms with Crippen molar-refractivity contribution < 1.29 is 14.3 Å². The topological polar surface area (TPSA) is 100 Å². The summed E-state index contributed by atoms with van der Waals surface area (Å²) in [5.41, 5.74) is 0.975. The lowest BCUT2D eigenvalue weighted by Gasteiger charge is -2.14. The van der Waals surface area contributed by atoms with Crippen LogP contribution < -0.4 is 20.5 Å². The second-order valence-corrected chi connectivity index (χ2v) is 6.07. The van der Waals surface area contributed by atoms with Gasteiger partial charge < -0.3 is 14.8 Å². The molecule has 0 saturated heterocycles. The molecule has 1 aliphatic heterocycles. The van der Waals surface area contributed by atoms with E-state index < -0.39 is 5.69 Å². The summed E-state index contributed by atoms with van der Waals surface area (Å²) in [5, 5.41) is 10.4. The van der Waals surface area contributed by atoms with E-state index in [-0.39, 0.29) is 25.3 Å². The van der Waals surface area contributed by atoms with E-state index in [0.717, 1.165) is 14.9 Å². The number of para-hydroxylation sites is 1. The van der Waals surface area contributed by atoms with E-state index >= 15 is 0 Å². The first-order valence-electron chi connectivity index (χ1n) is 8.39. The first-order chi connectivity index (χ1) is 13.1. The molecule has 0 aliphatic carbocycles. The van der Waals surface area contributed by atoms with E-state index in [9.17, 15) is 9.59 Å². The van der Waals surface area contributed by atoms with Crippen LogP contribution in [0.3, 0.4) is 0 Å². The smallest absolute Gasteiger partial charge is 0.368 e. The Balaban J connectivity index is 1.44. The third-order valence-electron chi connectivity index (χ3n) is 4.21. The number of nitrogens with zero attached hydrogens (tertiary/aromatic N) is 4. The van der Waals surface area contributed by atoms with Crippen LogP contribution in [-0.2, 0) is 11.3 Å². The standard InChI is InChI=1S/C18H17N5O4/c1-12(13-7-8-15-16(9-13)27-11-26-15)19-17(24)10-22-18(25)23(21-20-22)14-5-3-2-4-6-14/h2-9,12H,10-11H2,1H3,(H,19,24)/t12-/m0/s1. The quantitative estimate of drug-likeness (QED) is 0.723. The lowest BCUT2D eigenvalue weighted by molar-refractivity contribution is -0.122. The van der Waals surface area contributed by atoms with Crippen LogP contribution >= 0.6 is 0 Å². The number of hydrogen-bond acceptors (Lipinski definition) is 6. The molecule has 1 atom stereocenters. The summed E-state index contributed by atoms with van der Waals surface area (Å²) in [6.07, 6.45) is 0.